The highest BCUT2D eigenvalue weighted by molar-refractivity contribution is 8.18. The normalized spacial score (nSPS) is 15.7. The molecule has 2 aromatic rings. The lowest BCUT2D eigenvalue weighted by Crippen LogP contribution is -2.35. The SMILES string of the molecule is CCN(CC)CCNC(=O)c1c(C)[nH]c(/C=C2/SC(=Nc3cccc(Cl)c3)C(C(=O)NCCN)=C2O)c1C. The van der Waals surface area contributed by atoms with Crippen molar-refractivity contribution >= 4 is 52.0 Å². The number of nitrogens with zero attached hydrogens (tertiary/aromatic N) is 2. The van der Waals surface area contributed by atoms with Crippen molar-refractivity contribution in [3.8, 4) is 0 Å². The molecule has 11 heteroatoms. The topological polar surface area (TPSA) is 136 Å². The average Bonchev–Trinajstić information content (AvgIpc) is 3.34. The maximum absolute atomic E-state index is 13.0. The first kappa shape index (κ1) is 29.5. The van der Waals surface area contributed by atoms with Crippen LogP contribution in [0.25, 0.3) is 6.08 Å². The van der Waals surface area contributed by atoms with Gasteiger partial charge in [-0.1, -0.05) is 43.3 Å². The first-order chi connectivity index (χ1) is 18.2. The molecule has 0 spiro atoms. The highest BCUT2D eigenvalue weighted by Crippen LogP contribution is 2.40. The van der Waals surface area contributed by atoms with E-state index in [2.05, 4.69) is 39.4 Å². The number of H-pyrrole nitrogens is 1. The van der Waals surface area contributed by atoms with Gasteiger partial charge in [-0.05, 0) is 56.8 Å². The number of nitrogens with one attached hydrogen (secondary N) is 3. The third-order valence-electron chi connectivity index (χ3n) is 6.17. The molecule has 0 bridgehead atoms. The largest absolute Gasteiger partial charge is 0.506 e. The number of hydrogen-bond donors (Lipinski definition) is 5. The lowest BCUT2D eigenvalue weighted by Gasteiger charge is -2.18. The number of likely N-dealkylation sites (N-methyl/N-ethyl adjacent to an activating group) is 1. The third kappa shape index (κ3) is 7.08. The molecular weight excluding hydrogens is 524 g/mol. The summed E-state index contributed by atoms with van der Waals surface area (Å²) in [4.78, 5) is 36.3. The summed E-state index contributed by atoms with van der Waals surface area (Å²) in [6, 6.07) is 6.92. The number of nitrogens with two attached hydrogens (primary N) is 1. The number of carbonyl (C=O) groups excluding carboxylic acids is 2. The number of rotatable bonds is 11. The molecule has 0 saturated heterocycles. The van der Waals surface area contributed by atoms with Crippen molar-refractivity contribution in [2.45, 2.75) is 27.7 Å². The van der Waals surface area contributed by atoms with Crippen molar-refractivity contribution in [2.75, 3.05) is 39.3 Å². The Hall–Kier alpha value is -3.05. The number of aromatic nitrogens is 1. The molecule has 0 atom stereocenters. The van der Waals surface area contributed by atoms with Gasteiger partial charge in [0.25, 0.3) is 11.8 Å². The predicted molar refractivity (Wildman–Crippen MR) is 156 cm³/mol. The molecule has 3 rings (SSSR count). The van der Waals surface area contributed by atoms with E-state index in [1.54, 1.807) is 30.3 Å². The van der Waals surface area contributed by atoms with Crippen LogP contribution in [-0.4, -0.2) is 71.1 Å². The molecule has 204 valence electrons. The molecule has 0 saturated carbocycles. The van der Waals surface area contributed by atoms with Crippen molar-refractivity contribution in [3.63, 3.8) is 0 Å². The number of aliphatic hydroxyl groups excluding tert-OH is 1. The molecule has 1 aromatic carbocycles. The van der Waals surface area contributed by atoms with Crippen LogP contribution >= 0.6 is 23.4 Å². The van der Waals surface area contributed by atoms with Crippen LogP contribution in [0.3, 0.4) is 0 Å². The lowest BCUT2D eigenvalue weighted by molar-refractivity contribution is -0.117. The summed E-state index contributed by atoms with van der Waals surface area (Å²) in [5, 5.41) is 17.6. The summed E-state index contributed by atoms with van der Waals surface area (Å²) >= 11 is 7.27. The zero-order valence-corrected chi connectivity index (χ0v) is 23.7. The van der Waals surface area contributed by atoms with Gasteiger partial charge in [0.05, 0.1) is 16.2 Å². The molecule has 6 N–H and O–H groups in total. The first-order valence-electron chi connectivity index (χ1n) is 12.6. The van der Waals surface area contributed by atoms with Gasteiger partial charge < -0.3 is 31.4 Å². The van der Waals surface area contributed by atoms with Crippen LogP contribution < -0.4 is 16.4 Å². The van der Waals surface area contributed by atoms with E-state index in [9.17, 15) is 14.7 Å². The van der Waals surface area contributed by atoms with E-state index >= 15 is 0 Å². The zero-order valence-electron chi connectivity index (χ0n) is 22.2. The summed E-state index contributed by atoms with van der Waals surface area (Å²) in [5.41, 5.74) is 8.84. The van der Waals surface area contributed by atoms with Crippen LogP contribution in [0.15, 0.2) is 45.5 Å². The Kier molecular flexibility index (Phi) is 10.6. The van der Waals surface area contributed by atoms with E-state index < -0.39 is 5.91 Å². The summed E-state index contributed by atoms with van der Waals surface area (Å²) in [5.74, 6) is -0.823. The van der Waals surface area contributed by atoms with Crippen molar-refractivity contribution in [3.05, 3.63) is 68.0 Å². The van der Waals surface area contributed by atoms with Gasteiger partial charge in [-0.2, -0.15) is 0 Å². The Balaban J connectivity index is 1.92. The number of halogens is 1. The molecule has 2 amide bonds. The summed E-state index contributed by atoms with van der Waals surface area (Å²) < 4.78 is 0. The van der Waals surface area contributed by atoms with Crippen molar-refractivity contribution in [1.29, 1.82) is 0 Å². The second kappa shape index (κ2) is 13.7. The molecule has 1 aliphatic heterocycles. The first-order valence-corrected chi connectivity index (χ1v) is 13.7. The van der Waals surface area contributed by atoms with E-state index in [0.29, 0.717) is 38.5 Å². The quantitative estimate of drug-likeness (QED) is 0.282. The molecule has 0 unspecified atom stereocenters. The number of carbonyl (C=O) groups is 2. The molecule has 1 aromatic heterocycles. The Labute approximate surface area is 232 Å². The Morgan fingerprint density at radius 2 is 1.89 bits per heavy atom. The zero-order chi connectivity index (χ0) is 27.8. The molecule has 38 heavy (non-hydrogen) atoms. The van der Waals surface area contributed by atoms with E-state index in [4.69, 9.17) is 17.3 Å². The summed E-state index contributed by atoms with van der Waals surface area (Å²) in [6.45, 7) is 11.6. The standard InChI is InChI=1S/C27H35ClN6O3S/c1-5-34(6-2)13-12-31-25(36)22-16(3)20(32-17(22)4)15-21-24(35)23(26(37)30-11-10-29)27(38-21)33-19-9-7-8-18(28)14-19/h7-9,14-15,32,35H,5-6,10-13,29H2,1-4H3,(H,30,37)(H,31,36)/b21-15+,33-27?. The van der Waals surface area contributed by atoms with Crippen LogP contribution in [0.4, 0.5) is 5.69 Å². The van der Waals surface area contributed by atoms with Crippen LogP contribution in [0.2, 0.25) is 5.02 Å². The minimum absolute atomic E-state index is 0.0602. The third-order valence-corrected chi connectivity index (χ3v) is 7.43. The van der Waals surface area contributed by atoms with Gasteiger partial charge in [-0.3, -0.25) is 9.59 Å². The van der Waals surface area contributed by atoms with Crippen LogP contribution in [-0.2, 0) is 4.79 Å². The Bertz CT molecular complexity index is 1280. The average molecular weight is 559 g/mol. The van der Waals surface area contributed by atoms with Gasteiger partial charge in [-0.15, -0.1) is 0 Å². The number of amides is 2. The van der Waals surface area contributed by atoms with Crippen molar-refractivity contribution in [2.24, 2.45) is 10.7 Å². The van der Waals surface area contributed by atoms with Gasteiger partial charge in [-0.25, -0.2) is 4.99 Å². The molecule has 1 aliphatic rings. The molecule has 9 nitrogen and oxygen atoms in total. The molecule has 0 fully saturated rings. The minimum Gasteiger partial charge on any atom is -0.506 e. The highest BCUT2D eigenvalue weighted by Gasteiger charge is 2.32. The minimum atomic E-state index is -0.475. The molecule has 0 aliphatic carbocycles. The molecular formula is C27H35ClN6O3S. The summed E-state index contributed by atoms with van der Waals surface area (Å²) in [6.07, 6.45) is 1.73. The van der Waals surface area contributed by atoms with Crippen molar-refractivity contribution < 1.29 is 14.7 Å². The van der Waals surface area contributed by atoms with Crippen molar-refractivity contribution in [1.82, 2.24) is 20.5 Å². The van der Waals surface area contributed by atoms with Gasteiger partial charge in [0.15, 0.2) is 0 Å². The summed E-state index contributed by atoms with van der Waals surface area (Å²) in [7, 11) is 0. The van der Waals surface area contributed by atoms with E-state index in [0.717, 1.165) is 42.7 Å². The Morgan fingerprint density at radius 1 is 1.18 bits per heavy atom. The van der Waals surface area contributed by atoms with Gasteiger partial charge in [0.1, 0.15) is 16.4 Å². The molecule has 2 heterocycles. The van der Waals surface area contributed by atoms with Crippen LogP contribution in [0, 0.1) is 13.8 Å². The number of aliphatic imine (C=N–C) groups is 1. The second-order valence-corrected chi connectivity index (χ2v) is 10.2. The number of aliphatic hydroxyl groups is 1. The highest BCUT2D eigenvalue weighted by atomic mass is 35.5. The second-order valence-electron chi connectivity index (χ2n) is 8.72. The monoisotopic (exact) mass is 558 g/mol. The predicted octanol–water partition coefficient (Wildman–Crippen LogP) is 4.06. The van der Waals surface area contributed by atoms with E-state index in [-0.39, 0.29) is 30.3 Å². The smallest absolute Gasteiger partial charge is 0.257 e. The maximum Gasteiger partial charge on any atom is 0.257 e. The number of aromatic amines is 1. The van der Waals surface area contributed by atoms with Crippen LogP contribution in [0.1, 0.15) is 41.2 Å². The van der Waals surface area contributed by atoms with E-state index in [1.165, 1.54) is 0 Å². The van der Waals surface area contributed by atoms with Gasteiger partial charge in [0, 0.05) is 42.6 Å². The fraction of sp³-hybridized carbons (Fsp3) is 0.370. The number of aryl methyl sites for hydroxylation is 1. The van der Waals surface area contributed by atoms with E-state index in [1.807, 2.05) is 13.8 Å². The maximum atomic E-state index is 13.0. The number of benzene rings is 1. The number of thioether (sulfide) groups is 1. The lowest BCUT2D eigenvalue weighted by atomic mass is 10.1. The van der Waals surface area contributed by atoms with Gasteiger partial charge in [0.2, 0.25) is 0 Å². The van der Waals surface area contributed by atoms with Gasteiger partial charge >= 0.3 is 0 Å². The van der Waals surface area contributed by atoms with Crippen LogP contribution in [0.5, 0.6) is 0 Å². The number of hydrogen-bond acceptors (Lipinski definition) is 7. The molecule has 0 radical (unpaired) electrons. The fourth-order valence-electron chi connectivity index (χ4n) is 4.09. The fourth-order valence-corrected chi connectivity index (χ4v) is 5.30. The Morgan fingerprint density at radius 3 is 2.55 bits per heavy atom.